The number of carbonyl (C=O) groups is 2. The molecule has 0 bridgehead atoms. The van der Waals surface area contributed by atoms with Gasteiger partial charge >= 0.3 is 0 Å². The maximum absolute atomic E-state index is 12.3. The van der Waals surface area contributed by atoms with Crippen molar-refractivity contribution in [1.29, 1.82) is 0 Å². The molecule has 5 nitrogen and oxygen atoms in total. The fraction of sp³-hybridized carbons (Fsp3) is 0.467. The van der Waals surface area contributed by atoms with E-state index in [0.717, 1.165) is 29.8 Å². The lowest BCUT2D eigenvalue weighted by molar-refractivity contribution is -0.119. The van der Waals surface area contributed by atoms with Crippen molar-refractivity contribution in [3.8, 4) is 5.75 Å². The van der Waals surface area contributed by atoms with Gasteiger partial charge in [-0.1, -0.05) is 0 Å². The second-order valence-electron chi connectivity index (χ2n) is 5.00. The number of methoxy groups -OCH3 is 1. The number of carbonyl (C=O) groups excluding carboxylic acids is 2. The fourth-order valence-electron chi connectivity index (χ4n) is 2.58. The van der Waals surface area contributed by atoms with E-state index in [1.807, 2.05) is 18.2 Å². The van der Waals surface area contributed by atoms with E-state index in [2.05, 4.69) is 5.32 Å². The first-order chi connectivity index (χ1) is 9.54. The van der Waals surface area contributed by atoms with Crippen LogP contribution in [-0.2, 0) is 9.59 Å². The molecule has 108 valence electrons. The van der Waals surface area contributed by atoms with Gasteiger partial charge in [0.05, 0.1) is 13.0 Å². The van der Waals surface area contributed by atoms with Gasteiger partial charge in [-0.2, -0.15) is 0 Å². The second-order valence-corrected chi connectivity index (χ2v) is 5.00. The van der Waals surface area contributed by atoms with Gasteiger partial charge in [-0.25, -0.2) is 0 Å². The van der Waals surface area contributed by atoms with Crippen LogP contribution >= 0.6 is 0 Å². The fourth-order valence-corrected chi connectivity index (χ4v) is 2.58. The number of benzene rings is 1. The lowest BCUT2D eigenvalue weighted by Crippen LogP contribution is -2.25. The highest BCUT2D eigenvalue weighted by molar-refractivity contribution is 6.04. The molecule has 1 unspecified atom stereocenters. The highest BCUT2D eigenvalue weighted by atomic mass is 16.5. The number of nitrogens with one attached hydrogen (secondary N) is 1. The van der Waals surface area contributed by atoms with Crippen LogP contribution in [0.2, 0.25) is 0 Å². The average Bonchev–Trinajstić information content (AvgIpc) is 2.67. The van der Waals surface area contributed by atoms with Gasteiger partial charge in [0.15, 0.2) is 0 Å². The van der Waals surface area contributed by atoms with Crippen molar-refractivity contribution >= 4 is 17.5 Å². The van der Waals surface area contributed by atoms with Crippen molar-refractivity contribution < 1.29 is 14.3 Å². The average molecular weight is 276 g/mol. The Morgan fingerprint density at radius 3 is 2.85 bits per heavy atom. The van der Waals surface area contributed by atoms with Gasteiger partial charge < -0.3 is 15.0 Å². The Kier molecular flexibility index (Phi) is 4.27. The summed E-state index contributed by atoms with van der Waals surface area (Å²) in [5.74, 6) is 0.690. The number of amides is 2. The highest BCUT2D eigenvalue weighted by Gasteiger charge is 2.34. The number of nitrogens with zero attached hydrogens (tertiary/aromatic N) is 1. The molecule has 2 amide bonds. The molecule has 0 radical (unpaired) electrons. The minimum Gasteiger partial charge on any atom is -0.497 e. The maximum atomic E-state index is 12.3. The number of ether oxygens (including phenoxy) is 1. The van der Waals surface area contributed by atoms with Crippen LogP contribution < -0.4 is 15.0 Å². The molecule has 1 aromatic carbocycles. The molecule has 1 atom stereocenters. The largest absolute Gasteiger partial charge is 0.497 e. The van der Waals surface area contributed by atoms with E-state index in [4.69, 9.17) is 4.74 Å². The number of hydrogen-bond acceptors (Lipinski definition) is 3. The van der Waals surface area contributed by atoms with Crippen LogP contribution in [0.4, 0.5) is 5.69 Å². The zero-order valence-corrected chi connectivity index (χ0v) is 12.1. The Morgan fingerprint density at radius 1 is 1.45 bits per heavy atom. The summed E-state index contributed by atoms with van der Waals surface area (Å²) in [5.41, 5.74) is 1.96. The molecule has 1 heterocycles. The van der Waals surface area contributed by atoms with Crippen LogP contribution in [0.5, 0.6) is 5.75 Å². The molecule has 20 heavy (non-hydrogen) atoms. The van der Waals surface area contributed by atoms with Crippen molar-refractivity contribution in [2.24, 2.45) is 0 Å². The lowest BCUT2D eigenvalue weighted by Gasteiger charge is -2.11. The summed E-state index contributed by atoms with van der Waals surface area (Å²) in [6.07, 6.45) is 1.50. The van der Waals surface area contributed by atoms with Gasteiger partial charge in [-0.15, -0.1) is 0 Å². The summed E-state index contributed by atoms with van der Waals surface area (Å²) >= 11 is 0. The summed E-state index contributed by atoms with van der Waals surface area (Å²) in [6, 6.07) is 5.71. The van der Waals surface area contributed by atoms with E-state index < -0.39 is 0 Å². The van der Waals surface area contributed by atoms with Crippen LogP contribution in [-0.4, -0.2) is 32.5 Å². The molecule has 0 aliphatic carbocycles. The summed E-state index contributed by atoms with van der Waals surface area (Å²) in [7, 11) is 3.41. The third-order valence-corrected chi connectivity index (χ3v) is 3.64. The van der Waals surface area contributed by atoms with E-state index in [0.29, 0.717) is 6.54 Å². The third kappa shape index (κ3) is 2.76. The van der Waals surface area contributed by atoms with Crippen molar-refractivity contribution in [2.45, 2.75) is 25.7 Å². The topological polar surface area (TPSA) is 58.6 Å². The molecule has 0 saturated carbocycles. The smallest absolute Gasteiger partial charge is 0.234 e. The second kappa shape index (κ2) is 5.94. The molecule has 0 saturated heterocycles. The van der Waals surface area contributed by atoms with E-state index in [1.165, 1.54) is 6.92 Å². The van der Waals surface area contributed by atoms with Gasteiger partial charge in [0.25, 0.3) is 0 Å². The Morgan fingerprint density at radius 2 is 2.20 bits per heavy atom. The van der Waals surface area contributed by atoms with Gasteiger partial charge in [0.1, 0.15) is 5.75 Å². The van der Waals surface area contributed by atoms with E-state index in [1.54, 1.807) is 19.1 Å². The Hall–Kier alpha value is -2.04. The van der Waals surface area contributed by atoms with Crippen LogP contribution in [0.3, 0.4) is 0 Å². The Labute approximate surface area is 118 Å². The normalized spacial score (nSPS) is 17.1. The summed E-state index contributed by atoms with van der Waals surface area (Å²) < 4.78 is 5.23. The van der Waals surface area contributed by atoms with Crippen LogP contribution in [0, 0.1) is 0 Å². The molecular weight excluding hydrogens is 256 g/mol. The van der Waals surface area contributed by atoms with Gasteiger partial charge in [0, 0.05) is 26.2 Å². The number of hydrogen-bond donors (Lipinski definition) is 1. The molecule has 0 aromatic heterocycles. The van der Waals surface area contributed by atoms with Crippen LogP contribution in [0.1, 0.15) is 31.2 Å². The molecular formula is C15H20N2O3. The zero-order valence-electron chi connectivity index (χ0n) is 12.1. The first-order valence-electron chi connectivity index (χ1n) is 6.74. The summed E-state index contributed by atoms with van der Waals surface area (Å²) in [4.78, 5) is 24.8. The summed E-state index contributed by atoms with van der Waals surface area (Å²) in [6.45, 7) is 2.09. The summed E-state index contributed by atoms with van der Waals surface area (Å²) in [5, 5.41) is 2.75. The Balaban J connectivity index is 2.10. The quantitative estimate of drug-likeness (QED) is 0.832. The maximum Gasteiger partial charge on any atom is 0.234 e. The van der Waals surface area contributed by atoms with Crippen molar-refractivity contribution in [3.05, 3.63) is 23.8 Å². The minimum absolute atomic E-state index is 0.0399. The number of rotatable bonds is 5. The van der Waals surface area contributed by atoms with Crippen molar-refractivity contribution in [3.63, 3.8) is 0 Å². The minimum atomic E-state index is -0.140. The van der Waals surface area contributed by atoms with Crippen LogP contribution in [0.25, 0.3) is 0 Å². The standard InChI is InChI=1S/C15H20N2O3/c1-10(18)16-8-4-5-12-13-9-11(20-3)6-7-14(13)17(2)15(12)19/h6-7,9,12H,4-5,8H2,1-3H3,(H,16,18). The first-order valence-corrected chi connectivity index (χ1v) is 6.74. The SMILES string of the molecule is COc1ccc2c(c1)C(CCCNC(C)=O)C(=O)N2C. The van der Waals surface area contributed by atoms with E-state index >= 15 is 0 Å². The molecule has 2 rings (SSSR count). The zero-order chi connectivity index (χ0) is 14.7. The molecule has 1 N–H and O–H groups in total. The molecule has 1 aromatic rings. The number of fused-ring (bicyclic) bond motifs is 1. The predicted molar refractivity (Wildman–Crippen MR) is 77.1 cm³/mol. The van der Waals surface area contributed by atoms with Gasteiger partial charge in [-0.3, -0.25) is 9.59 Å². The molecule has 0 fully saturated rings. The molecule has 1 aliphatic heterocycles. The van der Waals surface area contributed by atoms with Gasteiger partial charge in [0.2, 0.25) is 11.8 Å². The molecule has 0 spiro atoms. The van der Waals surface area contributed by atoms with Crippen molar-refractivity contribution in [2.75, 3.05) is 25.6 Å². The molecule has 5 heteroatoms. The third-order valence-electron chi connectivity index (χ3n) is 3.64. The van der Waals surface area contributed by atoms with Crippen molar-refractivity contribution in [1.82, 2.24) is 5.32 Å². The highest BCUT2D eigenvalue weighted by Crippen LogP contribution is 2.40. The predicted octanol–water partition coefficient (Wildman–Crippen LogP) is 1.67. The monoisotopic (exact) mass is 276 g/mol. The lowest BCUT2D eigenvalue weighted by atomic mass is 9.95. The molecule has 1 aliphatic rings. The van der Waals surface area contributed by atoms with E-state index in [9.17, 15) is 9.59 Å². The van der Waals surface area contributed by atoms with Crippen LogP contribution in [0.15, 0.2) is 18.2 Å². The van der Waals surface area contributed by atoms with E-state index in [-0.39, 0.29) is 17.7 Å². The number of anilines is 1. The van der Waals surface area contributed by atoms with Gasteiger partial charge in [-0.05, 0) is 36.6 Å². The Bertz CT molecular complexity index is 528. The number of likely N-dealkylation sites (N-methyl/N-ethyl adjacent to an activating group) is 1. The first kappa shape index (κ1) is 14.4.